The quantitative estimate of drug-likeness (QED) is 0.189. The fourth-order valence-corrected chi connectivity index (χ4v) is 10.9. The normalized spacial score (nSPS) is 21.8. The molecule has 0 saturated carbocycles. The van der Waals surface area contributed by atoms with Gasteiger partial charge in [0.1, 0.15) is 34.7 Å². The Labute approximate surface area is 377 Å². The first kappa shape index (κ1) is 41.2. The Morgan fingerprint density at radius 2 is 1.58 bits per heavy atom. The molecular formula is C46H46ClFN12O5. The van der Waals surface area contributed by atoms with Crippen LogP contribution in [0, 0.1) is 11.2 Å². The van der Waals surface area contributed by atoms with Crippen molar-refractivity contribution in [2.45, 2.75) is 56.7 Å². The number of nitrogens with two attached hydrogens (primary N) is 1. The van der Waals surface area contributed by atoms with Gasteiger partial charge in [-0.25, -0.2) is 19.3 Å². The molecule has 9 heterocycles. The van der Waals surface area contributed by atoms with Crippen LogP contribution >= 0.6 is 11.6 Å². The first-order valence-corrected chi connectivity index (χ1v) is 22.5. The molecule has 5 aromatic rings. The molecule has 3 aromatic heterocycles. The molecule has 6 aliphatic heterocycles. The molecule has 11 rings (SSSR count). The van der Waals surface area contributed by atoms with Gasteiger partial charge in [-0.1, -0.05) is 11.6 Å². The number of pyridine rings is 1. The van der Waals surface area contributed by atoms with Gasteiger partial charge in [0.05, 0.1) is 11.1 Å². The Balaban J connectivity index is 0.674. The van der Waals surface area contributed by atoms with Crippen molar-refractivity contribution in [3.05, 3.63) is 94.7 Å². The summed E-state index contributed by atoms with van der Waals surface area (Å²) in [4.78, 5) is 87.7. The van der Waals surface area contributed by atoms with E-state index in [1.54, 1.807) is 42.7 Å². The van der Waals surface area contributed by atoms with Crippen molar-refractivity contribution in [3.63, 3.8) is 0 Å². The maximum atomic E-state index is 15.9. The third-order valence-electron chi connectivity index (χ3n) is 14.4. The number of imidazole rings is 1. The van der Waals surface area contributed by atoms with E-state index < -0.39 is 41.4 Å². The number of nitrogen functional groups attached to an aromatic ring is 1. The van der Waals surface area contributed by atoms with Crippen LogP contribution in [-0.4, -0.2) is 134 Å². The van der Waals surface area contributed by atoms with Crippen LogP contribution in [-0.2, 0) is 9.59 Å². The van der Waals surface area contributed by atoms with Crippen LogP contribution in [0.4, 0.5) is 27.7 Å². The summed E-state index contributed by atoms with van der Waals surface area (Å²) in [6.45, 7) is 7.50. The fourth-order valence-electron chi connectivity index (χ4n) is 10.7. The van der Waals surface area contributed by atoms with E-state index in [9.17, 15) is 24.0 Å². The highest BCUT2D eigenvalue weighted by Crippen LogP contribution is 2.44. The highest BCUT2D eigenvalue weighted by atomic mass is 35.5. The summed E-state index contributed by atoms with van der Waals surface area (Å²) in [5.74, 6) is -1.95. The number of halogens is 2. The number of fused-ring (bicyclic) bond motifs is 2. The molecule has 1 spiro atoms. The second-order valence-corrected chi connectivity index (χ2v) is 18.6. The lowest BCUT2D eigenvalue weighted by atomic mass is 9.71. The number of nitrogens with one attached hydrogen (secondary N) is 2. The molecule has 334 valence electrons. The molecule has 5 fully saturated rings. The Morgan fingerprint density at radius 1 is 0.831 bits per heavy atom. The topological polar surface area (TPSA) is 195 Å². The average Bonchev–Trinajstić information content (AvgIpc) is 3.77. The van der Waals surface area contributed by atoms with Crippen LogP contribution < -0.4 is 26.2 Å². The van der Waals surface area contributed by atoms with Gasteiger partial charge in [0.2, 0.25) is 17.8 Å². The van der Waals surface area contributed by atoms with Gasteiger partial charge in [-0.05, 0) is 86.1 Å². The van der Waals surface area contributed by atoms with Crippen LogP contribution in [0.1, 0.15) is 69.6 Å². The zero-order valence-corrected chi connectivity index (χ0v) is 36.1. The summed E-state index contributed by atoms with van der Waals surface area (Å²) in [6, 6.07) is 12.7. The van der Waals surface area contributed by atoms with Crippen LogP contribution in [0.2, 0.25) is 5.02 Å². The number of amides is 5. The van der Waals surface area contributed by atoms with E-state index in [1.807, 2.05) is 10.5 Å². The molecule has 1 unspecified atom stereocenters. The Hall–Kier alpha value is -6.50. The molecule has 5 saturated heterocycles. The standard InChI is InChI=1S/C46H46ClFN12O5/c47-27-7-12-50-36(20-27)52-41(62)26-1-3-32(34(48)19-26)38-39-40(49)51-13-18-59(39)45(54-38)56-16-10-46(11-17-56)24-58(25-46)28-8-14-55(15-9-28)30-22-57(23-30)29-2-4-31-33(21-29)44(65)60(43(31)64)35-5-6-37(61)53-42(35)63/h1-4,7,12-13,18-21,28,30,35H,5-6,8-11,14-17,22-25H2,(H2,49,51)(H,50,52,62)(H,53,61,63). The largest absolute Gasteiger partial charge is 0.382 e. The van der Waals surface area contributed by atoms with Crippen molar-refractivity contribution in [3.8, 4) is 11.3 Å². The summed E-state index contributed by atoms with van der Waals surface area (Å²) in [7, 11) is 0. The van der Waals surface area contributed by atoms with Gasteiger partial charge in [0, 0.05) is 111 Å². The molecule has 0 bridgehead atoms. The van der Waals surface area contributed by atoms with Gasteiger partial charge in [0.25, 0.3) is 17.7 Å². The van der Waals surface area contributed by atoms with Crippen molar-refractivity contribution >= 4 is 69.9 Å². The number of piperidine rings is 3. The Morgan fingerprint density at radius 3 is 2.32 bits per heavy atom. The van der Waals surface area contributed by atoms with E-state index >= 15 is 4.39 Å². The zero-order chi connectivity index (χ0) is 44.7. The molecule has 0 radical (unpaired) electrons. The molecule has 0 aliphatic carbocycles. The number of likely N-dealkylation sites (tertiary alicyclic amines) is 2. The Bertz CT molecular complexity index is 2810. The van der Waals surface area contributed by atoms with Crippen LogP contribution in [0.25, 0.3) is 16.8 Å². The molecule has 1 atom stereocenters. The molecule has 6 aliphatic rings. The SMILES string of the molecule is Nc1nccn2c(N3CCC4(CC3)CN(C3CCN(C5CN(c6ccc7c(c6)C(=O)N(C6CCC(=O)NC6=O)C7=O)C5)CC3)C4)nc(-c3ccc(C(=O)Nc4cc(Cl)ccn4)cc3F)c12. The van der Waals surface area contributed by atoms with E-state index in [0.29, 0.717) is 45.4 Å². The predicted molar refractivity (Wildman–Crippen MR) is 239 cm³/mol. The second-order valence-electron chi connectivity index (χ2n) is 18.2. The smallest absolute Gasteiger partial charge is 0.262 e. The summed E-state index contributed by atoms with van der Waals surface area (Å²) in [5.41, 5.74) is 9.34. The van der Waals surface area contributed by atoms with Crippen molar-refractivity contribution in [2.75, 3.05) is 73.2 Å². The number of carbonyl (C=O) groups excluding carboxylic acids is 5. The highest BCUT2D eigenvalue weighted by Gasteiger charge is 2.49. The summed E-state index contributed by atoms with van der Waals surface area (Å²) in [6.07, 6.45) is 9.38. The number of rotatable bonds is 8. The fraction of sp³-hybridized carbons (Fsp3) is 0.391. The lowest BCUT2D eigenvalue weighted by Gasteiger charge is -2.58. The second kappa shape index (κ2) is 15.9. The minimum atomic E-state index is -0.978. The van der Waals surface area contributed by atoms with Crippen molar-refractivity contribution < 1.29 is 28.4 Å². The van der Waals surface area contributed by atoms with Crippen LogP contribution in [0.3, 0.4) is 0 Å². The molecule has 2 aromatic carbocycles. The van der Waals surface area contributed by atoms with Gasteiger partial charge >= 0.3 is 0 Å². The van der Waals surface area contributed by atoms with Crippen molar-refractivity contribution in [1.29, 1.82) is 0 Å². The lowest BCUT2D eigenvalue weighted by molar-refractivity contribution is -0.136. The average molecular weight is 901 g/mol. The van der Waals surface area contributed by atoms with Gasteiger partial charge < -0.3 is 20.9 Å². The summed E-state index contributed by atoms with van der Waals surface area (Å²) >= 11 is 6.03. The van der Waals surface area contributed by atoms with Crippen molar-refractivity contribution in [2.24, 2.45) is 5.41 Å². The van der Waals surface area contributed by atoms with Gasteiger partial charge in [0.15, 0.2) is 0 Å². The lowest BCUT2D eigenvalue weighted by Crippen LogP contribution is -2.66. The van der Waals surface area contributed by atoms with E-state index in [2.05, 4.69) is 40.2 Å². The maximum absolute atomic E-state index is 15.9. The molecule has 17 nitrogen and oxygen atoms in total. The number of hydrogen-bond acceptors (Lipinski definition) is 13. The van der Waals surface area contributed by atoms with Crippen molar-refractivity contribution in [1.82, 2.24) is 39.4 Å². The number of anilines is 4. The maximum Gasteiger partial charge on any atom is 0.262 e. The van der Waals surface area contributed by atoms with Gasteiger partial charge in [-0.15, -0.1) is 0 Å². The van der Waals surface area contributed by atoms with Crippen LogP contribution in [0.5, 0.6) is 0 Å². The number of benzene rings is 2. The third kappa shape index (κ3) is 7.23. The zero-order valence-electron chi connectivity index (χ0n) is 35.4. The number of imide groups is 2. The number of hydrogen-bond donors (Lipinski definition) is 3. The third-order valence-corrected chi connectivity index (χ3v) is 14.6. The molecule has 65 heavy (non-hydrogen) atoms. The van der Waals surface area contributed by atoms with Crippen LogP contribution in [0.15, 0.2) is 67.1 Å². The van der Waals surface area contributed by atoms with Gasteiger partial charge in [-0.2, -0.15) is 0 Å². The molecule has 5 amide bonds. The first-order valence-electron chi connectivity index (χ1n) is 22.1. The molecule has 19 heteroatoms. The van der Waals surface area contributed by atoms with E-state index in [1.165, 1.54) is 18.3 Å². The monoisotopic (exact) mass is 900 g/mol. The van der Waals surface area contributed by atoms with E-state index in [4.69, 9.17) is 22.3 Å². The summed E-state index contributed by atoms with van der Waals surface area (Å²) in [5, 5.41) is 5.31. The van der Waals surface area contributed by atoms with E-state index in [-0.39, 0.29) is 41.0 Å². The number of aromatic nitrogens is 4. The Kier molecular flexibility index (Phi) is 10.1. The highest BCUT2D eigenvalue weighted by molar-refractivity contribution is 6.30. The minimum Gasteiger partial charge on any atom is -0.382 e. The minimum absolute atomic E-state index is 0.0870. The van der Waals surface area contributed by atoms with Gasteiger partial charge in [-0.3, -0.25) is 48.4 Å². The van der Waals surface area contributed by atoms with E-state index in [0.717, 1.165) is 88.6 Å². The number of nitrogens with zero attached hydrogens (tertiary/aromatic N) is 9. The molecule has 4 N–H and O–H groups in total. The first-order chi connectivity index (χ1) is 31.4. The summed E-state index contributed by atoms with van der Waals surface area (Å²) < 4.78 is 17.7. The predicted octanol–water partition coefficient (Wildman–Crippen LogP) is 4.07. The number of carbonyl (C=O) groups is 5. The molecular weight excluding hydrogens is 855 g/mol.